The zero-order chi connectivity index (χ0) is 15.4. The molecule has 1 aromatic heterocycles. The molecule has 0 aliphatic carbocycles. The number of carbonyl (C=O) groups excluding carboxylic acids is 1. The lowest BCUT2D eigenvalue weighted by Gasteiger charge is -2.33. The van der Waals surface area contributed by atoms with E-state index in [2.05, 4.69) is 4.98 Å². The molecule has 0 spiro atoms. The highest BCUT2D eigenvalue weighted by molar-refractivity contribution is 7.98. The maximum Gasteiger partial charge on any atom is 0.256 e. The number of ether oxygens (including phenoxy) is 1. The van der Waals surface area contributed by atoms with E-state index in [0.717, 1.165) is 10.6 Å². The Morgan fingerprint density at radius 1 is 1.27 bits per heavy atom. The third-order valence-electron chi connectivity index (χ3n) is 3.72. The number of rotatable bonds is 3. The average Bonchev–Trinajstić information content (AvgIpc) is 2.62. The van der Waals surface area contributed by atoms with E-state index in [0.29, 0.717) is 25.3 Å². The third kappa shape index (κ3) is 3.15. The topological polar surface area (TPSA) is 42.4 Å². The van der Waals surface area contributed by atoms with E-state index < -0.39 is 0 Å². The second kappa shape index (κ2) is 6.94. The second-order valence-corrected chi connectivity index (χ2v) is 5.88. The number of hydrogen-bond donors (Lipinski definition) is 0. The van der Waals surface area contributed by atoms with E-state index in [1.165, 1.54) is 11.8 Å². The van der Waals surface area contributed by atoms with Crippen LogP contribution in [0.4, 0.5) is 0 Å². The number of thioether (sulfide) groups is 1. The highest BCUT2D eigenvalue weighted by Crippen LogP contribution is 2.25. The van der Waals surface area contributed by atoms with Gasteiger partial charge in [0.15, 0.2) is 0 Å². The Morgan fingerprint density at radius 2 is 2.09 bits per heavy atom. The monoisotopic (exact) mass is 314 g/mol. The predicted molar refractivity (Wildman–Crippen MR) is 87.1 cm³/mol. The Bertz CT molecular complexity index is 648. The van der Waals surface area contributed by atoms with Gasteiger partial charge in [-0.1, -0.05) is 30.3 Å². The van der Waals surface area contributed by atoms with Crippen LogP contribution < -0.4 is 0 Å². The summed E-state index contributed by atoms with van der Waals surface area (Å²) in [5, 5.41) is 0.773. The summed E-state index contributed by atoms with van der Waals surface area (Å²) < 4.78 is 5.82. The maximum atomic E-state index is 12.8. The molecule has 1 aliphatic heterocycles. The van der Waals surface area contributed by atoms with Gasteiger partial charge in [0.25, 0.3) is 5.91 Å². The SMILES string of the molecule is CSc1ncccc1C(=O)N1CCO[C@H](c2ccccc2)C1. The van der Waals surface area contributed by atoms with E-state index >= 15 is 0 Å². The minimum Gasteiger partial charge on any atom is -0.370 e. The van der Waals surface area contributed by atoms with Gasteiger partial charge in [0.1, 0.15) is 11.1 Å². The Balaban J connectivity index is 1.78. The number of morpholine rings is 1. The molecule has 0 radical (unpaired) electrons. The fourth-order valence-corrected chi connectivity index (χ4v) is 3.13. The fraction of sp³-hybridized carbons (Fsp3) is 0.294. The molecule has 0 N–H and O–H groups in total. The molecule has 5 heteroatoms. The van der Waals surface area contributed by atoms with Crippen LogP contribution in [0.25, 0.3) is 0 Å². The van der Waals surface area contributed by atoms with Crippen LogP contribution in [0.15, 0.2) is 53.7 Å². The predicted octanol–water partition coefficient (Wildman–Crippen LogP) is 3.02. The van der Waals surface area contributed by atoms with Gasteiger partial charge in [-0.2, -0.15) is 0 Å². The summed E-state index contributed by atoms with van der Waals surface area (Å²) in [6.07, 6.45) is 3.59. The van der Waals surface area contributed by atoms with Crippen molar-refractivity contribution in [2.24, 2.45) is 0 Å². The van der Waals surface area contributed by atoms with Crippen LogP contribution in [0.3, 0.4) is 0 Å². The molecule has 1 fully saturated rings. The third-order valence-corrected chi connectivity index (χ3v) is 4.43. The smallest absolute Gasteiger partial charge is 0.256 e. The van der Waals surface area contributed by atoms with Crippen molar-refractivity contribution in [2.75, 3.05) is 26.0 Å². The first-order valence-electron chi connectivity index (χ1n) is 7.24. The lowest BCUT2D eigenvalue weighted by Crippen LogP contribution is -2.42. The molecule has 3 rings (SSSR count). The van der Waals surface area contributed by atoms with Crippen molar-refractivity contribution in [2.45, 2.75) is 11.1 Å². The summed E-state index contributed by atoms with van der Waals surface area (Å²) in [5.41, 5.74) is 1.78. The lowest BCUT2D eigenvalue weighted by atomic mass is 10.1. The summed E-state index contributed by atoms with van der Waals surface area (Å²) in [4.78, 5) is 18.9. The first-order chi connectivity index (χ1) is 10.8. The normalized spacial score (nSPS) is 18.2. The molecule has 1 amide bonds. The number of carbonyl (C=O) groups is 1. The van der Waals surface area contributed by atoms with E-state index in [1.54, 1.807) is 6.20 Å². The van der Waals surface area contributed by atoms with Gasteiger partial charge in [0, 0.05) is 12.7 Å². The first-order valence-corrected chi connectivity index (χ1v) is 8.47. The van der Waals surface area contributed by atoms with Crippen LogP contribution in [-0.4, -0.2) is 41.7 Å². The second-order valence-electron chi connectivity index (χ2n) is 5.08. The fourth-order valence-electron chi connectivity index (χ4n) is 2.59. The van der Waals surface area contributed by atoms with Crippen molar-refractivity contribution in [3.05, 3.63) is 59.8 Å². The Kier molecular flexibility index (Phi) is 4.75. The quantitative estimate of drug-likeness (QED) is 0.817. The zero-order valence-corrected chi connectivity index (χ0v) is 13.3. The molecule has 0 bridgehead atoms. The van der Waals surface area contributed by atoms with Gasteiger partial charge in [-0.15, -0.1) is 11.8 Å². The van der Waals surface area contributed by atoms with Gasteiger partial charge in [-0.05, 0) is 24.0 Å². The Hall–Kier alpha value is -1.85. The van der Waals surface area contributed by atoms with Crippen molar-refractivity contribution in [3.63, 3.8) is 0 Å². The summed E-state index contributed by atoms with van der Waals surface area (Å²) in [6, 6.07) is 13.7. The van der Waals surface area contributed by atoms with E-state index in [4.69, 9.17) is 4.74 Å². The minimum atomic E-state index is -0.0618. The minimum absolute atomic E-state index is 0.0293. The first kappa shape index (κ1) is 15.1. The molecule has 114 valence electrons. The number of benzene rings is 1. The van der Waals surface area contributed by atoms with Crippen molar-refractivity contribution < 1.29 is 9.53 Å². The van der Waals surface area contributed by atoms with Gasteiger partial charge < -0.3 is 9.64 Å². The van der Waals surface area contributed by atoms with Crippen LogP contribution in [0.1, 0.15) is 22.0 Å². The van der Waals surface area contributed by atoms with Crippen LogP contribution in [-0.2, 0) is 4.74 Å². The molecule has 1 aliphatic rings. The lowest BCUT2D eigenvalue weighted by molar-refractivity contribution is -0.0229. The van der Waals surface area contributed by atoms with E-state index in [-0.39, 0.29) is 12.0 Å². The van der Waals surface area contributed by atoms with Crippen LogP contribution in [0, 0.1) is 0 Å². The highest BCUT2D eigenvalue weighted by atomic mass is 32.2. The zero-order valence-electron chi connectivity index (χ0n) is 12.4. The van der Waals surface area contributed by atoms with Gasteiger partial charge in [-0.3, -0.25) is 4.79 Å². The molecular weight excluding hydrogens is 296 g/mol. The summed E-state index contributed by atoms with van der Waals surface area (Å²) in [7, 11) is 0. The number of nitrogens with zero attached hydrogens (tertiary/aromatic N) is 2. The highest BCUT2D eigenvalue weighted by Gasteiger charge is 2.27. The maximum absolute atomic E-state index is 12.8. The molecule has 22 heavy (non-hydrogen) atoms. The van der Waals surface area contributed by atoms with E-state index in [9.17, 15) is 4.79 Å². The van der Waals surface area contributed by atoms with Gasteiger partial charge >= 0.3 is 0 Å². The Labute approximate surface area is 134 Å². The largest absolute Gasteiger partial charge is 0.370 e. The molecule has 4 nitrogen and oxygen atoms in total. The number of amides is 1. The molecule has 1 atom stereocenters. The van der Waals surface area contributed by atoms with Gasteiger partial charge in [0.05, 0.1) is 18.7 Å². The molecule has 2 aromatic rings. The standard InChI is InChI=1S/C17H18N2O2S/c1-22-16-14(8-5-9-18-16)17(20)19-10-11-21-15(12-19)13-6-3-2-4-7-13/h2-9,15H,10-12H2,1H3/t15-/m0/s1. The summed E-state index contributed by atoms with van der Waals surface area (Å²) >= 11 is 1.50. The van der Waals surface area contributed by atoms with Crippen LogP contribution in [0.2, 0.25) is 0 Å². The molecule has 0 unspecified atom stereocenters. The molecule has 1 aromatic carbocycles. The number of aromatic nitrogens is 1. The van der Waals surface area contributed by atoms with Crippen molar-refractivity contribution >= 4 is 17.7 Å². The van der Waals surface area contributed by atoms with Gasteiger partial charge in [0.2, 0.25) is 0 Å². The molecule has 0 saturated carbocycles. The number of hydrogen-bond acceptors (Lipinski definition) is 4. The summed E-state index contributed by atoms with van der Waals surface area (Å²) in [5.74, 6) is 0.0293. The molecular formula is C17H18N2O2S. The average molecular weight is 314 g/mol. The van der Waals surface area contributed by atoms with Crippen LogP contribution >= 0.6 is 11.8 Å². The van der Waals surface area contributed by atoms with E-state index in [1.807, 2.05) is 53.6 Å². The molecule has 1 saturated heterocycles. The molecule has 2 heterocycles. The van der Waals surface area contributed by atoms with Crippen LogP contribution in [0.5, 0.6) is 0 Å². The summed E-state index contributed by atoms with van der Waals surface area (Å²) in [6.45, 7) is 1.75. The van der Waals surface area contributed by atoms with Crippen molar-refractivity contribution in [1.29, 1.82) is 0 Å². The van der Waals surface area contributed by atoms with Crippen molar-refractivity contribution in [3.8, 4) is 0 Å². The van der Waals surface area contributed by atoms with Gasteiger partial charge in [-0.25, -0.2) is 4.98 Å². The Morgan fingerprint density at radius 3 is 2.86 bits per heavy atom. The van der Waals surface area contributed by atoms with Crippen molar-refractivity contribution in [1.82, 2.24) is 9.88 Å². The number of pyridine rings is 1.